The topological polar surface area (TPSA) is 116 Å². The number of aromatic hydroxyl groups is 1. The van der Waals surface area contributed by atoms with E-state index in [0.29, 0.717) is 6.54 Å². The standard InChI is InChI=1S/C17H26N6O3.K.H/c1-11(2)23-15-13(19-21-20-15)14(24)12(17(23)26)16(25)18-7-6-10-22-8-4-3-5-9-22;;/h11,24H,3-10H2,1-2H3,(H,18,25)(H,19,20,21);;/q;+1;-1. The van der Waals surface area contributed by atoms with Crippen LogP contribution < -0.4 is 62.3 Å². The molecule has 0 atom stereocenters. The molecule has 2 aromatic heterocycles. The van der Waals surface area contributed by atoms with E-state index in [0.717, 1.165) is 26.1 Å². The molecule has 3 N–H and O–H groups in total. The van der Waals surface area contributed by atoms with Gasteiger partial charge in [0.2, 0.25) is 0 Å². The molecule has 0 radical (unpaired) electrons. The van der Waals surface area contributed by atoms with Gasteiger partial charge in [-0.3, -0.25) is 14.2 Å². The quantitative estimate of drug-likeness (QED) is 0.385. The summed E-state index contributed by atoms with van der Waals surface area (Å²) in [6.45, 7) is 7.21. The van der Waals surface area contributed by atoms with Crippen LogP contribution in [-0.4, -0.2) is 62.1 Å². The third kappa shape index (κ3) is 4.98. The number of fused-ring (bicyclic) bond motifs is 1. The average Bonchev–Trinajstić information content (AvgIpc) is 3.09. The second kappa shape index (κ2) is 10.1. The van der Waals surface area contributed by atoms with Crippen LogP contribution in [0.5, 0.6) is 5.75 Å². The Morgan fingerprint density at radius 1 is 1.30 bits per heavy atom. The number of hydrogen-bond donors (Lipinski definition) is 3. The Morgan fingerprint density at radius 3 is 2.67 bits per heavy atom. The molecule has 27 heavy (non-hydrogen) atoms. The van der Waals surface area contributed by atoms with E-state index in [1.165, 1.54) is 23.8 Å². The Labute approximate surface area is 201 Å². The van der Waals surface area contributed by atoms with Gasteiger partial charge in [-0.2, -0.15) is 10.3 Å². The fraction of sp³-hybridized carbons (Fsp3) is 0.647. The van der Waals surface area contributed by atoms with Crippen molar-refractivity contribution in [3.05, 3.63) is 15.9 Å². The molecule has 9 nitrogen and oxygen atoms in total. The largest absolute Gasteiger partial charge is 1.00 e. The summed E-state index contributed by atoms with van der Waals surface area (Å²) in [7, 11) is 0. The van der Waals surface area contributed by atoms with Gasteiger partial charge in [0.05, 0.1) is 0 Å². The maximum Gasteiger partial charge on any atom is 1.00 e. The summed E-state index contributed by atoms with van der Waals surface area (Å²) in [4.78, 5) is 27.6. The van der Waals surface area contributed by atoms with Crippen LogP contribution in [0, 0.1) is 0 Å². The molecule has 0 saturated carbocycles. The molecule has 3 heterocycles. The Balaban J connectivity index is 0.00000196. The van der Waals surface area contributed by atoms with Crippen LogP contribution in [0.4, 0.5) is 0 Å². The minimum absolute atomic E-state index is 0. The number of aromatic nitrogens is 4. The molecule has 144 valence electrons. The predicted octanol–water partition coefficient (Wildman–Crippen LogP) is -1.87. The fourth-order valence-electron chi connectivity index (χ4n) is 3.45. The summed E-state index contributed by atoms with van der Waals surface area (Å²) in [6.07, 6.45) is 4.55. The molecular weight excluding hydrogens is 375 g/mol. The molecule has 3 rings (SSSR count). The van der Waals surface area contributed by atoms with Crippen LogP contribution >= 0.6 is 0 Å². The van der Waals surface area contributed by atoms with Gasteiger partial charge in [0.25, 0.3) is 11.5 Å². The number of nitrogens with one attached hydrogen (secondary N) is 2. The number of likely N-dealkylation sites (tertiary alicyclic amines) is 1. The van der Waals surface area contributed by atoms with Gasteiger partial charge in [-0.1, -0.05) is 6.42 Å². The molecule has 0 aromatic carbocycles. The van der Waals surface area contributed by atoms with Crippen molar-refractivity contribution >= 4 is 17.1 Å². The summed E-state index contributed by atoms with van der Waals surface area (Å²) in [5.74, 6) is -1.00. The number of amides is 1. The van der Waals surface area contributed by atoms with Gasteiger partial charge in [-0.05, 0) is 52.7 Å². The van der Waals surface area contributed by atoms with E-state index in [-0.39, 0.29) is 75.6 Å². The maximum absolute atomic E-state index is 12.7. The second-order valence-electron chi connectivity index (χ2n) is 7.00. The summed E-state index contributed by atoms with van der Waals surface area (Å²) < 4.78 is 1.36. The Kier molecular flexibility index (Phi) is 8.44. The Hall–Kier alpha value is -0.784. The average molecular weight is 403 g/mol. The number of rotatable bonds is 6. The van der Waals surface area contributed by atoms with E-state index >= 15 is 0 Å². The zero-order valence-electron chi connectivity index (χ0n) is 17.3. The second-order valence-corrected chi connectivity index (χ2v) is 7.00. The molecule has 1 fully saturated rings. The summed E-state index contributed by atoms with van der Waals surface area (Å²) in [6, 6.07) is -0.221. The van der Waals surface area contributed by atoms with Gasteiger partial charge < -0.3 is 16.7 Å². The number of hydrogen-bond acceptors (Lipinski definition) is 6. The zero-order valence-corrected chi connectivity index (χ0v) is 19.4. The Bertz CT molecular complexity index is 847. The first-order valence-corrected chi connectivity index (χ1v) is 9.19. The van der Waals surface area contributed by atoms with Crippen molar-refractivity contribution in [2.24, 2.45) is 0 Å². The SMILES string of the molecule is CC(C)n1c(=O)c(C(=O)NCCCN2CCCCC2)c(O)c2n[nH]nc21.[H-].[K+]. The molecule has 2 aromatic rings. The van der Waals surface area contributed by atoms with Crippen LogP contribution in [0.1, 0.15) is 57.4 Å². The monoisotopic (exact) mass is 402 g/mol. The van der Waals surface area contributed by atoms with E-state index in [4.69, 9.17) is 0 Å². The number of pyridine rings is 1. The third-order valence-electron chi connectivity index (χ3n) is 4.78. The minimum atomic E-state index is -0.578. The summed E-state index contributed by atoms with van der Waals surface area (Å²) in [5.41, 5.74) is -0.480. The Morgan fingerprint density at radius 2 is 2.00 bits per heavy atom. The smallest absolute Gasteiger partial charge is 1.00 e. The van der Waals surface area contributed by atoms with Crippen molar-refractivity contribution in [2.45, 2.75) is 45.6 Å². The van der Waals surface area contributed by atoms with E-state index in [2.05, 4.69) is 25.6 Å². The molecule has 1 aliphatic heterocycles. The first-order chi connectivity index (χ1) is 12.5. The molecule has 0 aliphatic carbocycles. The maximum atomic E-state index is 12.7. The van der Waals surface area contributed by atoms with Crippen LogP contribution in [0.2, 0.25) is 0 Å². The van der Waals surface area contributed by atoms with E-state index in [1.54, 1.807) is 0 Å². The number of H-pyrrole nitrogens is 1. The van der Waals surface area contributed by atoms with Gasteiger partial charge in [0.1, 0.15) is 5.56 Å². The molecular formula is C17H27KN6O3. The van der Waals surface area contributed by atoms with Crippen molar-refractivity contribution in [1.29, 1.82) is 0 Å². The normalized spacial score (nSPS) is 15.1. The zero-order chi connectivity index (χ0) is 18.7. The van der Waals surface area contributed by atoms with Crippen molar-refractivity contribution in [1.82, 2.24) is 30.2 Å². The van der Waals surface area contributed by atoms with E-state index in [9.17, 15) is 14.7 Å². The predicted molar refractivity (Wildman–Crippen MR) is 98.6 cm³/mol. The van der Waals surface area contributed by atoms with Crippen molar-refractivity contribution in [3.63, 3.8) is 0 Å². The van der Waals surface area contributed by atoms with E-state index < -0.39 is 17.2 Å². The van der Waals surface area contributed by atoms with Gasteiger partial charge in [-0.25, -0.2) is 0 Å². The summed E-state index contributed by atoms with van der Waals surface area (Å²) >= 11 is 0. The summed E-state index contributed by atoms with van der Waals surface area (Å²) in [5, 5.41) is 23.3. The molecule has 1 aliphatic rings. The first-order valence-electron chi connectivity index (χ1n) is 9.19. The van der Waals surface area contributed by atoms with Gasteiger partial charge in [0, 0.05) is 12.6 Å². The molecule has 1 saturated heterocycles. The van der Waals surface area contributed by atoms with Gasteiger partial charge in [-0.15, -0.1) is 5.10 Å². The number of nitrogens with zero attached hydrogens (tertiary/aromatic N) is 4. The molecule has 0 spiro atoms. The number of piperidine rings is 1. The number of carbonyl (C=O) groups excluding carboxylic acids is 1. The molecule has 0 unspecified atom stereocenters. The van der Waals surface area contributed by atoms with Gasteiger partial charge in [0.15, 0.2) is 16.9 Å². The van der Waals surface area contributed by atoms with Crippen LogP contribution in [-0.2, 0) is 0 Å². The van der Waals surface area contributed by atoms with Gasteiger partial charge >= 0.3 is 51.4 Å². The third-order valence-corrected chi connectivity index (χ3v) is 4.78. The van der Waals surface area contributed by atoms with Crippen LogP contribution in [0.15, 0.2) is 4.79 Å². The van der Waals surface area contributed by atoms with Crippen LogP contribution in [0.25, 0.3) is 11.2 Å². The number of carbonyl (C=O) groups is 1. The van der Waals surface area contributed by atoms with Crippen molar-refractivity contribution in [2.75, 3.05) is 26.2 Å². The van der Waals surface area contributed by atoms with Crippen molar-refractivity contribution < 1.29 is 62.7 Å². The minimum Gasteiger partial charge on any atom is -1.00 e. The van der Waals surface area contributed by atoms with E-state index in [1.807, 2.05) is 13.8 Å². The van der Waals surface area contributed by atoms with Crippen molar-refractivity contribution in [3.8, 4) is 5.75 Å². The number of aromatic amines is 1. The van der Waals surface area contributed by atoms with Crippen LogP contribution in [0.3, 0.4) is 0 Å². The molecule has 0 bridgehead atoms. The molecule has 10 heteroatoms. The fourth-order valence-corrected chi connectivity index (χ4v) is 3.45. The first kappa shape index (κ1) is 22.5. The molecule has 1 amide bonds.